The minimum absolute atomic E-state index is 0.139. The summed E-state index contributed by atoms with van der Waals surface area (Å²) in [5, 5.41) is 0. The van der Waals surface area contributed by atoms with Gasteiger partial charge in [0.15, 0.2) is 0 Å². The fourth-order valence-electron chi connectivity index (χ4n) is 0.479. The quantitative estimate of drug-likeness (QED) is 0.468. The van der Waals surface area contributed by atoms with Crippen molar-refractivity contribution in [3.05, 3.63) is 0 Å². The van der Waals surface area contributed by atoms with Crippen molar-refractivity contribution in [1.82, 2.24) is 0 Å². The lowest BCUT2D eigenvalue weighted by molar-refractivity contribution is 0.704. The predicted octanol–water partition coefficient (Wildman–Crippen LogP) is 0.888. The summed E-state index contributed by atoms with van der Waals surface area (Å²) in [5.41, 5.74) is 5.41. The van der Waals surface area contributed by atoms with Crippen LogP contribution in [0.5, 0.6) is 0 Å². The van der Waals surface area contributed by atoms with Crippen LogP contribution in [0.25, 0.3) is 0 Å². The van der Waals surface area contributed by atoms with E-state index in [1.54, 1.807) is 0 Å². The SMILES string of the molecule is [2H]C1([2H])CC(N)CC1([2H])[2H]. The molecular weight excluding hydrogens is 74.1 g/mol. The van der Waals surface area contributed by atoms with Gasteiger partial charge in [0, 0.05) is 11.5 Å². The van der Waals surface area contributed by atoms with Gasteiger partial charge in [-0.1, -0.05) is 12.7 Å². The predicted molar refractivity (Wildman–Crippen MR) is 26.4 cm³/mol. The Hall–Kier alpha value is -0.0400. The molecule has 2 N–H and O–H groups in total. The molecule has 6 heavy (non-hydrogen) atoms. The molecule has 1 heteroatoms. The summed E-state index contributed by atoms with van der Waals surface area (Å²) < 4.78 is 28.9. The van der Waals surface area contributed by atoms with Crippen molar-refractivity contribution >= 4 is 0 Å². The maximum atomic E-state index is 7.23. The van der Waals surface area contributed by atoms with E-state index in [2.05, 4.69) is 0 Å². The molecule has 0 bridgehead atoms. The van der Waals surface area contributed by atoms with Gasteiger partial charge in [0.25, 0.3) is 0 Å². The second-order valence-corrected chi connectivity index (χ2v) is 1.52. The van der Waals surface area contributed by atoms with Crippen LogP contribution < -0.4 is 5.73 Å². The van der Waals surface area contributed by atoms with Crippen LogP contribution in [-0.2, 0) is 0 Å². The van der Waals surface area contributed by atoms with Crippen LogP contribution >= 0.6 is 0 Å². The maximum absolute atomic E-state index is 7.23. The topological polar surface area (TPSA) is 26.0 Å². The molecule has 0 amide bonds. The first kappa shape index (κ1) is 1.48. The molecule has 0 aromatic heterocycles. The summed E-state index contributed by atoms with van der Waals surface area (Å²) >= 11 is 0. The average Bonchev–Trinajstić information content (AvgIpc) is 1.73. The van der Waals surface area contributed by atoms with Crippen molar-refractivity contribution in [2.24, 2.45) is 5.73 Å². The van der Waals surface area contributed by atoms with Gasteiger partial charge in [0.1, 0.15) is 0 Å². The van der Waals surface area contributed by atoms with Gasteiger partial charge in [-0.3, -0.25) is 0 Å². The molecule has 1 fully saturated rings. The molecule has 1 nitrogen and oxygen atoms in total. The Morgan fingerprint density at radius 2 is 2.00 bits per heavy atom. The van der Waals surface area contributed by atoms with Gasteiger partial charge in [-0.05, 0) is 12.8 Å². The van der Waals surface area contributed by atoms with Gasteiger partial charge in [-0.2, -0.15) is 0 Å². The normalized spacial score (nSPS) is 52.2. The van der Waals surface area contributed by atoms with Crippen molar-refractivity contribution in [3.8, 4) is 0 Å². The van der Waals surface area contributed by atoms with E-state index in [1.807, 2.05) is 0 Å². The van der Waals surface area contributed by atoms with Crippen molar-refractivity contribution in [3.63, 3.8) is 0 Å². The zero-order valence-electron chi connectivity index (χ0n) is 7.57. The first-order valence-corrected chi connectivity index (χ1v) is 2.11. The maximum Gasteiger partial charge on any atom is 0.0267 e. The highest BCUT2D eigenvalue weighted by molar-refractivity contribution is 4.67. The molecule has 1 rings (SSSR count). The third-order valence-corrected chi connectivity index (χ3v) is 0.854. The molecule has 0 atom stereocenters. The third-order valence-electron chi connectivity index (χ3n) is 0.854. The minimum atomic E-state index is -1.73. The summed E-state index contributed by atoms with van der Waals surface area (Å²) in [6.45, 7) is 0. The first-order chi connectivity index (χ1) is 4.35. The van der Waals surface area contributed by atoms with Crippen molar-refractivity contribution in [1.29, 1.82) is 0 Å². The summed E-state index contributed by atoms with van der Waals surface area (Å²) in [4.78, 5) is 0. The van der Waals surface area contributed by atoms with Gasteiger partial charge >= 0.3 is 0 Å². The van der Waals surface area contributed by atoms with Gasteiger partial charge in [0.2, 0.25) is 0 Å². The van der Waals surface area contributed by atoms with E-state index in [-0.39, 0.29) is 18.9 Å². The molecular formula is C5H11N. The Labute approximate surface area is 44.2 Å². The van der Waals surface area contributed by atoms with Crippen LogP contribution in [0.15, 0.2) is 0 Å². The smallest absolute Gasteiger partial charge is 0.0267 e. The molecule has 1 saturated carbocycles. The van der Waals surface area contributed by atoms with E-state index >= 15 is 0 Å². The van der Waals surface area contributed by atoms with E-state index in [0.29, 0.717) is 0 Å². The molecule has 36 valence electrons. The summed E-state index contributed by atoms with van der Waals surface area (Å²) in [6, 6.07) is -0.315. The summed E-state index contributed by atoms with van der Waals surface area (Å²) in [6.07, 6.45) is -3.18. The van der Waals surface area contributed by atoms with Crippen LogP contribution in [0.3, 0.4) is 0 Å². The lowest BCUT2D eigenvalue weighted by Crippen LogP contribution is -2.13. The number of hydrogen-bond donors (Lipinski definition) is 1. The Bertz CT molecular complexity index is 129. The van der Waals surface area contributed by atoms with Gasteiger partial charge in [-0.15, -0.1) is 0 Å². The van der Waals surface area contributed by atoms with E-state index < -0.39 is 12.7 Å². The Morgan fingerprint density at radius 1 is 1.50 bits per heavy atom. The van der Waals surface area contributed by atoms with Crippen LogP contribution in [-0.4, -0.2) is 6.04 Å². The minimum Gasteiger partial charge on any atom is -0.328 e. The summed E-state index contributed by atoms with van der Waals surface area (Å²) in [5.74, 6) is 0. The lowest BCUT2D eigenvalue weighted by atomic mass is 10.3. The average molecular weight is 89.2 g/mol. The molecule has 0 unspecified atom stereocenters. The largest absolute Gasteiger partial charge is 0.328 e. The fourth-order valence-corrected chi connectivity index (χ4v) is 0.479. The number of nitrogens with two attached hydrogens (primary N) is 1. The van der Waals surface area contributed by atoms with E-state index in [9.17, 15) is 0 Å². The molecule has 0 aromatic rings. The van der Waals surface area contributed by atoms with Gasteiger partial charge in [-0.25, -0.2) is 0 Å². The van der Waals surface area contributed by atoms with Crippen molar-refractivity contribution in [2.75, 3.05) is 0 Å². The standard InChI is InChI=1S/C5H11N/c6-5-3-1-2-4-5/h5H,1-4,6H2/i1D2,2D2. The van der Waals surface area contributed by atoms with E-state index in [0.717, 1.165) is 0 Å². The van der Waals surface area contributed by atoms with E-state index in [4.69, 9.17) is 11.2 Å². The highest BCUT2D eigenvalue weighted by Crippen LogP contribution is 2.14. The van der Waals surface area contributed by atoms with Crippen LogP contribution in [0.2, 0.25) is 0 Å². The first-order valence-electron chi connectivity index (χ1n) is 4.11. The zero-order valence-corrected chi connectivity index (χ0v) is 3.57. The molecule has 0 spiro atoms. The molecule has 0 saturated heterocycles. The van der Waals surface area contributed by atoms with Crippen molar-refractivity contribution in [2.45, 2.75) is 31.6 Å². The Morgan fingerprint density at radius 3 is 2.17 bits per heavy atom. The van der Waals surface area contributed by atoms with Gasteiger partial charge < -0.3 is 5.73 Å². The fraction of sp³-hybridized carbons (Fsp3) is 1.00. The van der Waals surface area contributed by atoms with E-state index in [1.165, 1.54) is 0 Å². The van der Waals surface area contributed by atoms with Crippen LogP contribution in [0.1, 0.15) is 31.1 Å². The molecule has 1 aliphatic carbocycles. The highest BCUT2D eigenvalue weighted by atomic mass is 14.6. The molecule has 0 heterocycles. The molecule has 0 aliphatic heterocycles. The molecule has 1 aliphatic rings. The number of hydrogen-bond acceptors (Lipinski definition) is 1. The van der Waals surface area contributed by atoms with Crippen LogP contribution in [0, 0.1) is 0 Å². The van der Waals surface area contributed by atoms with Gasteiger partial charge in [0.05, 0.1) is 0 Å². The summed E-state index contributed by atoms with van der Waals surface area (Å²) in [7, 11) is 0. The molecule has 0 aromatic carbocycles. The lowest BCUT2D eigenvalue weighted by Gasteiger charge is -1.92. The van der Waals surface area contributed by atoms with Crippen LogP contribution in [0.4, 0.5) is 0 Å². The third kappa shape index (κ3) is 0.716. The van der Waals surface area contributed by atoms with Crippen molar-refractivity contribution < 1.29 is 5.48 Å². The molecule has 0 radical (unpaired) electrons. The zero-order chi connectivity index (χ0) is 7.99. The second kappa shape index (κ2) is 1.61. The number of rotatable bonds is 0. The Balaban J connectivity index is 2.78. The second-order valence-electron chi connectivity index (χ2n) is 1.52. The Kier molecular flexibility index (Phi) is 0.396. The highest BCUT2D eigenvalue weighted by Gasteiger charge is 2.07. The monoisotopic (exact) mass is 89.1 g/mol.